The van der Waals surface area contributed by atoms with E-state index in [9.17, 15) is 13.5 Å². The quantitative estimate of drug-likeness (QED) is 0.857. The van der Waals surface area contributed by atoms with Crippen LogP contribution in [-0.4, -0.2) is 24.9 Å². The first-order chi connectivity index (χ1) is 9.30. The SMILES string of the molecule is CN(Cc1ccc(O)cc1)S(=O)(=O)c1cc(Cl)c(Br)s1. The number of rotatable bonds is 4. The molecule has 0 aliphatic rings. The summed E-state index contributed by atoms with van der Waals surface area (Å²) in [4.78, 5) is 0. The molecule has 20 heavy (non-hydrogen) atoms. The van der Waals surface area contributed by atoms with Gasteiger partial charge >= 0.3 is 0 Å². The highest BCUT2D eigenvalue weighted by Crippen LogP contribution is 2.35. The maximum Gasteiger partial charge on any atom is 0.252 e. The maximum absolute atomic E-state index is 12.4. The van der Waals surface area contributed by atoms with Crippen LogP contribution >= 0.6 is 38.9 Å². The lowest BCUT2D eigenvalue weighted by molar-refractivity contribution is 0.465. The van der Waals surface area contributed by atoms with Gasteiger partial charge in [0, 0.05) is 13.6 Å². The van der Waals surface area contributed by atoms with Gasteiger partial charge in [0.2, 0.25) is 0 Å². The van der Waals surface area contributed by atoms with Gasteiger partial charge in [-0.05, 0) is 39.7 Å². The zero-order valence-electron chi connectivity index (χ0n) is 10.4. The maximum atomic E-state index is 12.4. The molecule has 0 aliphatic carbocycles. The van der Waals surface area contributed by atoms with Gasteiger partial charge in [-0.15, -0.1) is 11.3 Å². The van der Waals surface area contributed by atoms with Gasteiger partial charge in [-0.2, -0.15) is 4.31 Å². The van der Waals surface area contributed by atoms with Crippen molar-refractivity contribution < 1.29 is 13.5 Å². The number of thiophene rings is 1. The van der Waals surface area contributed by atoms with Gasteiger partial charge in [0.15, 0.2) is 0 Å². The number of phenols is 1. The topological polar surface area (TPSA) is 57.6 Å². The van der Waals surface area contributed by atoms with Crippen LogP contribution in [0.3, 0.4) is 0 Å². The second-order valence-electron chi connectivity index (χ2n) is 4.11. The summed E-state index contributed by atoms with van der Waals surface area (Å²) in [7, 11) is -2.07. The number of aromatic hydroxyl groups is 1. The van der Waals surface area contributed by atoms with E-state index < -0.39 is 10.0 Å². The predicted molar refractivity (Wildman–Crippen MR) is 83.8 cm³/mol. The lowest BCUT2D eigenvalue weighted by Crippen LogP contribution is -2.25. The third-order valence-corrected chi connectivity index (χ3v) is 7.36. The molecule has 0 fully saturated rings. The van der Waals surface area contributed by atoms with Gasteiger partial charge in [-0.1, -0.05) is 23.7 Å². The summed E-state index contributed by atoms with van der Waals surface area (Å²) in [5.74, 6) is 0.147. The molecule has 1 aromatic heterocycles. The Labute approximate surface area is 134 Å². The molecule has 108 valence electrons. The summed E-state index contributed by atoms with van der Waals surface area (Å²) in [5.41, 5.74) is 0.788. The van der Waals surface area contributed by atoms with Gasteiger partial charge in [-0.25, -0.2) is 8.42 Å². The molecule has 0 aliphatic heterocycles. The Bertz CT molecular complexity index is 693. The van der Waals surface area contributed by atoms with Crippen molar-refractivity contribution in [3.05, 3.63) is 44.7 Å². The fourth-order valence-electron chi connectivity index (χ4n) is 1.55. The molecule has 0 amide bonds. The van der Waals surface area contributed by atoms with Crippen LogP contribution in [0.2, 0.25) is 5.02 Å². The summed E-state index contributed by atoms with van der Waals surface area (Å²) in [5, 5.41) is 9.59. The molecule has 1 heterocycles. The largest absolute Gasteiger partial charge is 0.508 e. The van der Waals surface area contributed by atoms with Crippen LogP contribution in [0, 0.1) is 0 Å². The van der Waals surface area contributed by atoms with E-state index in [1.54, 1.807) is 12.1 Å². The van der Waals surface area contributed by atoms with Crippen molar-refractivity contribution in [2.24, 2.45) is 0 Å². The monoisotopic (exact) mass is 395 g/mol. The third kappa shape index (κ3) is 3.35. The Kier molecular flexibility index (Phi) is 4.76. The van der Waals surface area contributed by atoms with Crippen LogP contribution in [0.15, 0.2) is 38.3 Å². The molecular formula is C12H11BrClNO3S2. The smallest absolute Gasteiger partial charge is 0.252 e. The standard InChI is InChI=1S/C12H11BrClNO3S2/c1-15(7-8-2-4-9(16)5-3-8)20(17,18)11-6-10(14)12(13)19-11/h2-6,16H,7H2,1H3. The van der Waals surface area contributed by atoms with Crippen molar-refractivity contribution in [2.75, 3.05) is 7.05 Å². The molecule has 0 spiro atoms. The normalized spacial score (nSPS) is 12.0. The number of benzene rings is 1. The second kappa shape index (κ2) is 6.03. The number of sulfonamides is 1. The number of phenolic OH excluding ortho intramolecular Hbond substituents is 1. The predicted octanol–water partition coefficient (Wildman–Crippen LogP) is 3.69. The Balaban J connectivity index is 2.23. The molecule has 8 heteroatoms. The molecule has 2 aromatic rings. The molecule has 0 radical (unpaired) electrons. The van der Waals surface area contributed by atoms with Crippen molar-refractivity contribution >= 4 is 48.9 Å². The van der Waals surface area contributed by atoms with Gasteiger partial charge in [0.1, 0.15) is 9.96 Å². The molecule has 1 N–H and O–H groups in total. The van der Waals surface area contributed by atoms with Crippen molar-refractivity contribution in [3.8, 4) is 5.75 Å². The molecule has 1 aromatic carbocycles. The van der Waals surface area contributed by atoms with Crippen molar-refractivity contribution in [2.45, 2.75) is 10.8 Å². The highest BCUT2D eigenvalue weighted by atomic mass is 79.9. The Morgan fingerprint density at radius 2 is 1.95 bits per heavy atom. The molecule has 4 nitrogen and oxygen atoms in total. The van der Waals surface area contributed by atoms with Crippen molar-refractivity contribution in [1.82, 2.24) is 4.31 Å². The molecule has 0 saturated carbocycles. The molecular weight excluding hydrogens is 386 g/mol. The van der Waals surface area contributed by atoms with Gasteiger partial charge < -0.3 is 5.11 Å². The van der Waals surface area contributed by atoms with E-state index in [2.05, 4.69) is 15.9 Å². The van der Waals surface area contributed by atoms with Crippen LogP contribution in [0.25, 0.3) is 0 Å². The van der Waals surface area contributed by atoms with Crippen LogP contribution < -0.4 is 0 Å². The van der Waals surface area contributed by atoms with E-state index in [1.165, 1.54) is 29.6 Å². The average molecular weight is 397 g/mol. The molecule has 0 bridgehead atoms. The van der Waals surface area contributed by atoms with Gasteiger partial charge in [0.25, 0.3) is 10.0 Å². The van der Waals surface area contributed by atoms with E-state index >= 15 is 0 Å². The molecule has 2 rings (SSSR count). The number of hydrogen-bond acceptors (Lipinski definition) is 4. The fraction of sp³-hybridized carbons (Fsp3) is 0.167. The Morgan fingerprint density at radius 1 is 1.35 bits per heavy atom. The Morgan fingerprint density at radius 3 is 2.45 bits per heavy atom. The average Bonchev–Trinajstić information content (AvgIpc) is 2.73. The first-order valence-electron chi connectivity index (χ1n) is 5.50. The van der Waals surface area contributed by atoms with E-state index in [4.69, 9.17) is 11.6 Å². The zero-order valence-corrected chi connectivity index (χ0v) is 14.4. The summed E-state index contributed by atoms with van der Waals surface area (Å²) in [6.07, 6.45) is 0. The molecule has 0 atom stereocenters. The summed E-state index contributed by atoms with van der Waals surface area (Å²) >= 11 is 10.2. The molecule has 0 saturated heterocycles. The van der Waals surface area contributed by atoms with E-state index in [0.29, 0.717) is 8.81 Å². The minimum atomic E-state index is -3.57. The Hall–Kier alpha value is -0.600. The van der Waals surface area contributed by atoms with Crippen molar-refractivity contribution in [3.63, 3.8) is 0 Å². The van der Waals surface area contributed by atoms with Crippen LogP contribution in [0.4, 0.5) is 0 Å². The summed E-state index contributed by atoms with van der Waals surface area (Å²) in [6, 6.07) is 7.83. The fourth-order valence-corrected chi connectivity index (χ4v) is 5.32. The minimum Gasteiger partial charge on any atom is -0.508 e. The van der Waals surface area contributed by atoms with Crippen LogP contribution in [0.5, 0.6) is 5.75 Å². The summed E-state index contributed by atoms with van der Waals surface area (Å²) in [6.45, 7) is 0.218. The van der Waals surface area contributed by atoms with Crippen molar-refractivity contribution in [1.29, 1.82) is 0 Å². The lowest BCUT2D eigenvalue weighted by Gasteiger charge is -2.16. The van der Waals surface area contributed by atoms with E-state index in [0.717, 1.165) is 16.9 Å². The lowest BCUT2D eigenvalue weighted by atomic mass is 10.2. The first-order valence-corrected chi connectivity index (χ1v) is 8.92. The highest BCUT2D eigenvalue weighted by Gasteiger charge is 2.24. The van der Waals surface area contributed by atoms with Crippen LogP contribution in [0.1, 0.15) is 5.56 Å². The van der Waals surface area contributed by atoms with Gasteiger partial charge in [0.05, 0.1) is 8.81 Å². The van der Waals surface area contributed by atoms with Crippen LogP contribution in [-0.2, 0) is 16.6 Å². The highest BCUT2D eigenvalue weighted by molar-refractivity contribution is 9.11. The molecule has 0 unspecified atom stereocenters. The number of nitrogens with zero attached hydrogens (tertiary/aromatic N) is 1. The first kappa shape index (κ1) is 15.8. The van der Waals surface area contributed by atoms with E-state index in [1.807, 2.05) is 0 Å². The third-order valence-electron chi connectivity index (χ3n) is 2.63. The zero-order chi connectivity index (χ0) is 14.9. The number of halogens is 2. The van der Waals surface area contributed by atoms with E-state index in [-0.39, 0.29) is 16.5 Å². The summed E-state index contributed by atoms with van der Waals surface area (Å²) < 4.78 is 26.8. The minimum absolute atomic E-state index is 0.147. The van der Waals surface area contributed by atoms with Gasteiger partial charge in [-0.3, -0.25) is 0 Å². The number of hydrogen-bond donors (Lipinski definition) is 1. The second-order valence-corrected chi connectivity index (χ2v) is 9.16.